The fraction of sp³-hybridized carbons (Fsp3) is 0.500. The zero-order valence-corrected chi connectivity index (χ0v) is 14.4. The summed E-state index contributed by atoms with van der Waals surface area (Å²) >= 11 is 1.57. The molecule has 0 saturated carbocycles. The highest BCUT2D eigenvalue weighted by atomic mass is 32.1. The Hall–Kier alpha value is -1.71. The van der Waals surface area contributed by atoms with Crippen molar-refractivity contribution in [2.45, 2.75) is 38.2 Å². The molecule has 25 heavy (non-hydrogen) atoms. The number of anilines is 1. The van der Waals surface area contributed by atoms with Gasteiger partial charge >= 0.3 is 6.18 Å². The van der Waals surface area contributed by atoms with Gasteiger partial charge < -0.3 is 10.4 Å². The molecule has 0 bridgehead atoms. The number of alkyl halides is 3. The highest BCUT2D eigenvalue weighted by Crippen LogP contribution is 2.34. The third-order valence-electron chi connectivity index (χ3n) is 4.15. The van der Waals surface area contributed by atoms with Gasteiger partial charge in [0.15, 0.2) is 0 Å². The Bertz CT molecular complexity index is 721. The van der Waals surface area contributed by atoms with E-state index < -0.39 is 23.9 Å². The number of rotatable bonds is 4. The molecule has 3 rings (SSSR count). The van der Waals surface area contributed by atoms with E-state index in [0.29, 0.717) is 26.1 Å². The lowest BCUT2D eigenvalue weighted by molar-refractivity contribution is -0.137. The number of nitrogens with zero attached hydrogens (tertiary/aromatic N) is 3. The van der Waals surface area contributed by atoms with Crippen LogP contribution in [0.15, 0.2) is 23.7 Å². The fourth-order valence-electron chi connectivity index (χ4n) is 2.94. The van der Waals surface area contributed by atoms with E-state index in [1.165, 1.54) is 12.3 Å². The number of nitrogens with one attached hydrogen (secondary N) is 1. The lowest BCUT2D eigenvalue weighted by Gasteiger charge is -2.36. The molecule has 136 valence electrons. The number of hydrogen-bond acceptors (Lipinski definition) is 6. The van der Waals surface area contributed by atoms with Crippen molar-refractivity contribution in [1.82, 2.24) is 14.9 Å². The van der Waals surface area contributed by atoms with Crippen LogP contribution in [-0.2, 0) is 12.7 Å². The maximum Gasteiger partial charge on any atom is 0.419 e. The van der Waals surface area contributed by atoms with Crippen molar-refractivity contribution in [2.24, 2.45) is 0 Å². The number of aryl methyl sites for hydroxylation is 1. The third kappa shape index (κ3) is 4.47. The van der Waals surface area contributed by atoms with Crippen LogP contribution >= 0.6 is 11.3 Å². The van der Waals surface area contributed by atoms with Gasteiger partial charge in [-0.25, -0.2) is 9.97 Å². The fourth-order valence-corrected chi connectivity index (χ4v) is 3.55. The topological polar surface area (TPSA) is 61.3 Å². The number of thiazole rings is 1. The van der Waals surface area contributed by atoms with Crippen molar-refractivity contribution in [3.63, 3.8) is 0 Å². The number of likely N-dealkylation sites (tertiary alicyclic amines) is 1. The molecule has 0 spiro atoms. The van der Waals surface area contributed by atoms with Gasteiger partial charge in [-0.15, -0.1) is 11.3 Å². The number of hydrogen-bond donors (Lipinski definition) is 2. The van der Waals surface area contributed by atoms with Crippen LogP contribution in [0.2, 0.25) is 0 Å². The monoisotopic (exact) mass is 372 g/mol. The first kappa shape index (κ1) is 18.1. The predicted molar refractivity (Wildman–Crippen MR) is 89.4 cm³/mol. The van der Waals surface area contributed by atoms with Crippen LogP contribution in [0.3, 0.4) is 0 Å². The predicted octanol–water partition coefficient (Wildman–Crippen LogP) is 2.91. The van der Waals surface area contributed by atoms with Crippen molar-refractivity contribution in [2.75, 3.05) is 18.4 Å². The van der Waals surface area contributed by atoms with Gasteiger partial charge in [-0.1, -0.05) is 0 Å². The maximum absolute atomic E-state index is 13.0. The standard InChI is InChI=1S/C16H19F3N4OS/c1-10-21-11(9-25-10)7-23-6-4-13(14(24)8-23)22-15-12(16(17,18)19)3-2-5-20-15/h2-3,5,9,13-14,24H,4,6-8H2,1H3,(H,20,22)/t13-,14-/m1/s1. The van der Waals surface area contributed by atoms with Crippen molar-refractivity contribution in [1.29, 1.82) is 0 Å². The molecule has 1 aliphatic rings. The van der Waals surface area contributed by atoms with Crippen LogP contribution in [-0.4, -0.2) is 45.2 Å². The Morgan fingerprint density at radius 3 is 2.88 bits per heavy atom. The van der Waals surface area contributed by atoms with Crippen molar-refractivity contribution in [3.8, 4) is 0 Å². The molecule has 0 radical (unpaired) electrons. The highest BCUT2D eigenvalue weighted by molar-refractivity contribution is 7.09. The van der Waals surface area contributed by atoms with E-state index >= 15 is 0 Å². The summed E-state index contributed by atoms with van der Waals surface area (Å²) in [5, 5.41) is 16.1. The SMILES string of the molecule is Cc1nc(CN2CC[C@@H](Nc3ncccc3C(F)(F)F)[C@H](O)C2)cs1. The molecule has 3 heterocycles. The Kier molecular flexibility index (Phi) is 5.26. The normalized spacial score (nSPS) is 22.1. The second-order valence-electron chi connectivity index (χ2n) is 6.10. The molecule has 2 aromatic rings. The maximum atomic E-state index is 13.0. The summed E-state index contributed by atoms with van der Waals surface area (Å²) in [5.74, 6) is -0.234. The summed E-state index contributed by atoms with van der Waals surface area (Å²) in [5.41, 5.74) is 0.132. The van der Waals surface area contributed by atoms with Gasteiger partial charge in [0.05, 0.1) is 28.4 Å². The summed E-state index contributed by atoms with van der Waals surface area (Å²) in [4.78, 5) is 10.3. The molecule has 1 aliphatic heterocycles. The van der Waals surface area contributed by atoms with Crippen LogP contribution in [0.25, 0.3) is 0 Å². The number of piperidine rings is 1. The van der Waals surface area contributed by atoms with Crippen LogP contribution in [0.5, 0.6) is 0 Å². The number of halogens is 3. The summed E-state index contributed by atoms with van der Waals surface area (Å²) in [6.45, 7) is 3.61. The zero-order chi connectivity index (χ0) is 18.0. The lowest BCUT2D eigenvalue weighted by Crippen LogP contribution is -2.49. The number of aromatic nitrogens is 2. The summed E-state index contributed by atoms with van der Waals surface area (Å²) < 4.78 is 39.1. The molecule has 2 aromatic heterocycles. The molecular formula is C16H19F3N4OS. The van der Waals surface area contributed by atoms with E-state index in [0.717, 1.165) is 16.8 Å². The molecule has 1 fully saturated rings. The molecule has 5 nitrogen and oxygen atoms in total. The lowest BCUT2D eigenvalue weighted by atomic mass is 10.0. The number of β-amino-alcohol motifs (C(OH)–C–C–N with tert-alkyl or cyclic N) is 1. The first-order valence-corrected chi connectivity index (χ1v) is 8.81. The minimum Gasteiger partial charge on any atom is -0.390 e. The second kappa shape index (κ2) is 7.27. The van der Waals surface area contributed by atoms with Gasteiger partial charge in [0.2, 0.25) is 0 Å². The first-order valence-electron chi connectivity index (χ1n) is 7.93. The van der Waals surface area contributed by atoms with Crippen molar-refractivity contribution >= 4 is 17.2 Å². The van der Waals surface area contributed by atoms with Crippen LogP contribution < -0.4 is 5.32 Å². The summed E-state index contributed by atoms with van der Waals surface area (Å²) in [6.07, 6.45) is -3.43. The average molecular weight is 372 g/mol. The second-order valence-corrected chi connectivity index (χ2v) is 7.16. The van der Waals surface area contributed by atoms with E-state index in [2.05, 4.69) is 20.2 Å². The number of pyridine rings is 1. The molecule has 0 unspecified atom stereocenters. The Morgan fingerprint density at radius 2 is 2.24 bits per heavy atom. The van der Waals surface area contributed by atoms with E-state index in [9.17, 15) is 18.3 Å². The minimum atomic E-state index is -4.48. The number of aliphatic hydroxyl groups excluding tert-OH is 1. The first-order chi connectivity index (χ1) is 11.8. The van der Waals surface area contributed by atoms with E-state index in [-0.39, 0.29) is 5.82 Å². The van der Waals surface area contributed by atoms with E-state index in [1.807, 2.05) is 12.3 Å². The Morgan fingerprint density at radius 1 is 1.44 bits per heavy atom. The molecule has 2 N–H and O–H groups in total. The smallest absolute Gasteiger partial charge is 0.390 e. The van der Waals surface area contributed by atoms with Gasteiger partial charge in [-0.3, -0.25) is 4.90 Å². The zero-order valence-electron chi connectivity index (χ0n) is 13.6. The minimum absolute atomic E-state index is 0.234. The van der Waals surface area contributed by atoms with Crippen molar-refractivity contribution < 1.29 is 18.3 Å². The molecule has 2 atom stereocenters. The third-order valence-corrected chi connectivity index (χ3v) is 4.98. The molecule has 9 heteroatoms. The number of aliphatic hydroxyl groups is 1. The summed E-state index contributed by atoms with van der Waals surface area (Å²) in [6, 6.07) is 1.77. The molecule has 0 aliphatic carbocycles. The van der Waals surface area contributed by atoms with Gasteiger partial charge in [-0.2, -0.15) is 13.2 Å². The Balaban J connectivity index is 1.63. The summed E-state index contributed by atoms with van der Waals surface area (Å²) in [7, 11) is 0. The van der Waals surface area contributed by atoms with Crippen LogP contribution in [0.4, 0.5) is 19.0 Å². The van der Waals surface area contributed by atoms with Gasteiger partial charge in [0.1, 0.15) is 5.82 Å². The van der Waals surface area contributed by atoms with Gasteiger partial charge in [0, 0.05) is 31.2 Å². The van der Waals surface area contributed by atoms with E-state index in [4.69, 9.17) is 0 Å². The highest BCUT2D eigenvalue weighted by Gasteiger charge is 2.36. The van der Waals surface area contributed by atoms with Gasteiger partial charge in [-0.05, 0) is 25.5 Å². The van der Waals surface area contributed by atoms with Gasteiger partial charge in [0.25, 0.3) is 0 Å². The molecule has 0 aromatic carbocycles. The van der Waals surface area contributed by atoms with Crippen molar-refractivity contribution in [3.05, 3.63) is 40.0 Å². The molecule has 1 saturated heterocycles. The molecular weight excluding hydrogens is 353 g/mol. The molecule has 0 amide bonds. The van der Waals surface area contributed by atoms with E-state index in [1.54, 1.807) is 11.3 Å². The average Bonchev–Trinajstić information content (AvgIpc) is 2.94. The largest absolute Gasteiger partial charge is 0.419 e. The van der Waals surface area contributed by atoms with Crippen LogP contribution in [0, 0.1) is 6.92 Å². The quantitative estimate of drug-likeness (QED) is 0.864. The van der Waals surface area contributed by atoms with Crippen LogP contribution in [0.1, 0.15) is 22.7 Å². The Labute approximate surface area is 147 Å².